The molecule has 1 aromatic rings. The van der Waals surface area contributed by atoms with Crippen LogP contribution in [0.15, 0.2) is 24.3 Å². The van der Waals surface area contributed by atoms with E-state index in [1.807, 2.05) is 0 Å². The maximum atomic E-state index is 5.42. The van der Waals surface area contributed by atoms with Crippen molar-refractivity contribution in [2.75, 3.05) is 20.3 Å². The molecule has 0 saturated heterocycles. The molecule has 0 bridgehead atoms. The van der Waals surface area contributed by atoms with E-state index in [1.54, 1.807) is 0 Å². The van der Waals surface area contributed by atoms with Crippen molar-refractivity contribution in [3.05, 3.63) is 35.4 Å². The molecule has 2 heteroatoms. The summed E-state index contributed by atoms with van der Waals surface area (Å²) in [4.78, 5) is 0. The van der Waals surface area contributed by atoms with E-state index in [4.69, 9.17) is 4.74 Å². The van der Waals surface area contributed by atoms with Crippen molar-refractivity contribution in [3.63, 3.8) is 0 Å². The van der Waals surface area contributed by atoms with E-state index in [0.717, 1.165) is 19.1 Å². The fourth-order valence-corrected chi connectivity index (χ4v) is 2.93. The van der Waals surface area contributed by atoms with Crippen LogP contribution in [0.5, 0.6) is 0 Å². The van der Waals surface area contributed by atoms with Crippen LogP contribution in [-0.2, 0) is 11.2 Å². The first-order chi connectivity index (χ1) is 8.36. The number of fused-ring (bicyclic) bond motifs is 1. The van der Waals surface area contributed by atoms with Gasteiger partial charge >= 0.3 is 0 Å². The second-order valence-electron chi connectivity index (χ2n) is 4.77. The number of hydrogen-bond acceptors (Lipinski definition) is 2. The minimum atomic E-state index is 0.535. The minimum Gasteiger partial charge on any atom is -0.382 e. The van der Waals surface area contributed by atoms with E-state index in [2.05, 4.69) is 43.6 Å². The van der Waals surface area contributed by atoms with Gasteiger partial charge in [0.15, 0.2) is 0 Å². The van der Waals surface area contributed by atoms with E-state index in [-0.39, 0.29) is 0 Å². The average Bonchev–Trinajstić information content (AvgIpc) is 2.72. The summed E-state index contributed by atoms with van der Waals surface area (Å²) in [6.07, 6.45) is 3.64. The van der Waals surface area contributed by atoms with E-state index in [0.29, 0.717) is 6.04 Å². The van der Waals surface area contributed by atoms with Crippen LogP contribution in [0.4, 0.5) is 0 Å². The van der Waals surface area contributed by atoms with Gasteiger partial charge in [-0.3, -0.25) is 0 Å². The third-order valence-corrected chi connectivity index (χ3v) is 3.72. The molecule has 2 nitrogen and oxygen atoms in total. The molecule has 1 aliphatic rings. The summed E-state index contributed by atoms with van der Waals surface area (Å²) in [5.41, 5.74) is 3.02. The fourth-order valence-electron chi connectivity index (χ4n) is 2.93. The molecule has 0 aromatic heterocycles. The molecule has 2 rings (SSSR count). The van der Waals surface area contributed by atoms with E-state index < -0.39 is 0 Å². The zero-order chi connectivity index (χ0) is 12.1. The zero-order valence-corrected chi connectivity index (χ0v) is 10.9. The van der Waals surface area contributed by atoms with Crippen molar-refractivity contribution in [3.8, 4) is 0 Å². The van der Waals surface area contributed by atoms with Crippen LogP contribution in [-0.4, -0.2) is 20.3 Å². The van der Waals surface area contributed by atoms with Crippen LogP contribution in [0.2, 0.25) is 0 Å². The molecule has 0 heterocycles. The molecule has 0 spiro atoms. The summed E-state index contributed by atoms with van der Waals surface area (Å²) < 4.78 is 5.42. The van der Waals surface area contributed by atoms with Crippen LogP contribution in [0.3, 0.4) is 0 Å². The molecule has 17 heavy (non-hydrogen) atoms. The fraction of sp³-hybridized carbons (Fsp3) is 0.600. The molecule has 0 fully saturated rings. The quantitative estimate of drug-likeness (QED) is 0.763. The van der Waals surface area contributed by atoms with Gasteiger partial charge < -0.3 is 10.1 Å². The highest BCUT2D eigenvalue weighted by molar-refractivity contribution is 5.35. The monoisotopic (exact) mass is 233 g/mol. The van der Waals surface area contributed by atoms with Gasteiger partial charge in [-0.15, -0.1) is 0 Å². The highest BCUT2D eigenvalue weighted by Crippen LogP contribution is 2.38. The van der Waals surface area contributed by atoms with Crippen molar-refractivity contribution < 1.29 is 4.74 Å². The average molecular weight is 233 g/mol. The Morgan fingerprint density at radius 1 is 1.35 bits per heavy atom. The Morgan fingerprint density at radius 3 is 2.94 bits per heavy atom. The van der Waals surface area contributed by atoms with Crippen LogP contribution in [0.25, 0.3) is 0 Å². The van der Waals surface area contributed by atoms with Crippen molar-refractivity contribution >= 4 is 0 Å². The summed E-state index contributed by atoms with van der Waals surface area (Å²) in [5, 5.41) is 3.47. The molecule has 1 aromatic carbocycles. The standard InChI is InChI=1S/C15H23NO/c1-3-17-10-6-8-13-11-12-7-4-5-9-14(12)15(13)16-2/h4-5,7,9,13,15-16H,3,6,8,10-11H2,1-2H3. The summed E-state index contributed by atoms with van der Waals surface area (Å²) in [7, 11) is 2.07. The number of rotatable bonds is 6. The Balaban J connectivity index is 1.93. The molecule has 0 amide bonds. The molecule has 0 radical (unpaired) electrons. The maximum absolute atomic E-state index is 5.42. The lowest BCUT2D eigenvalue weighted by Crippen LogP contribution is -2.21. The zero-order valence-electron chi connectivity index (χ0n) is 10.9. The Bertz CT molecular complexity index is 351. The molecule has 1 aliphatic carbocycles. The Kier molecular flexibility index (Phi) is 4.57. The predicted octanol–water partition coefficient (Wildman–Crippen LogP) is 2.94. The van der Waals surface area contributed by atoms with Crippen molar-refractivity contribution in [2.45, 2.75) is 32.2 Å². The van der Waals surface area contributed by atoms with Crippen LogP contribution in [0.1, 0.15) is 36.9 Å². The van der Waals surface area contributed by atoms with Gasteiger partial charge in [-0.25, -0.2) is 0 Å². The molecular weight excluding hydrogens is 210 g/mol. The second-order valence-corrected chi connectivity index (χ2v) is 4.77. The van der Waals surface area contributed by atoms with Crippen LogP contribution in [0, 0.1) is 5.92 Å². The maximum Gasteiger partial charge on any atom is 0.0466 e. The molecule has 2 atom stereocenters. The molecule has 2 unspecified atom stereocenters. The van der Waals surface area contributed by atoms with Crippen molar-refractivity contribution in [1.29, 1.82) is 0 Å². The van der Waals surface area contributed by atoms with Gasteiger partial charge in [0.25, 0.3) is 0 Å². The normalized spacial score (nSPS) is 22.7. The minimum absolute atomic E-state index is 0.535. The van der Waals surface area contributed by atoms with Gasteiger partial charge in [0.2, 0.25) is 0 Å². The van der Waals surface area contributed by atoms with Crippen molar-refractivity contribution in [2.24, 2.45) is 5.92 Å². The Morgan fingerprint density at radius 2 is 2.18 bits per heavy atom. The first kappa shape index (κ1) is 12.6. The SMILES string of the molecule is CCOCCCC1Cc2ccccc2C1NC. The van der Waals surface area contributed by atoms with E-state index >= 15 is 0 Å². The van der Waals surface area contributed by atoms with Crippen LogP contribution < -0.4 is 5.32 Å². The highest BCUT2D eigenvalue weighted by atomic mass is 16.5. The summed E-state index contributed by atoms with van der Waals surface area (Å²) >= 11 is 0. The lowest BCUT2D eigenvalue weighted by Gasteiger charge is -2.19. The van der Waals surface area contributed by atoms with Gasteiger partial charge in [-0.2, -0.15) is 0 Å². The summed E-state index contributed by atoms with van der Waals surface area (Å²) in [6, 6.07) is 9.36. The van der Waals surface area contributed by atoms with Gasteiger partial charge in [0, 0.05) is 19.3 Å². The number of nitrogens with one attached hydrogen (secondary N) is 1. The highest BCUT2D eigenvalue weighted by Gasteiger charge is 2.30. The Labute approximate surface area is 104 Å². The first-order valence-corrected chi connectivity index (χ1v) is 6.69. The molecule has 94 valence electrons. The summed E-state index contributed by atoms with van der Waals surface area (Å²) in [6.45, 7) is 3.79. The number of ether oxygens (including phenoxy) is 1. The molecule has 0 aliphatic heterocycles. The lowest BCUT2D eigenvalue weighted by atomic mass is 9.95. The topological polar surface area (TPSA) is 21.3 Å². The van der Waals surface area contributed by atoms with Crippen LogP contribution >= 0.6 is 0 Å². The third-order valence-electron chi connectivity index (χ3n) is 3.72. The van der Waals surface area contributed by atoms with Gasteiger partial charge in [-0.05, 0) is 50.3 Å². The molecule has 1 N–H and O–H groups in total. The summed E-state index contributed by atoms with van der Waals surface area (Å²) in [5.74, 6) is 0.734. The lowest BCUT2D eigenvalue weighted by molar-refractivity contribution is 0.138. The van der Waals surface area contributed by atoms with Crippen molar-refractivity contribution in [1.82, 2.24) is 5.32 Å². The van der Waals surface area contributed by atoms with Gasteiger partial charge in [-0.1, -0.05) is 24.3 Å². The smallest absolute Gasteiger partial charge is 0.0466 e. The third kappa shape index (κ3) is 2.88. The number of hydrogen-bond donors (Lipinski definition) is 1. The Hall–Kier alpha value is -0.860. The second kappa shape index (κ2) is 6.18. The largest absolute Gasteiger partial charge is 0.382 e. The molecular formula is C15H23NO. The van der Waals surface area contributed by atoms with Gasteiger partial charge in [0.1, 0.15) is 0 Å². The van der Waals surface area contributed by atoms with E-state index in [9.17, 15) is 0 Å². The van der Waals surface area contributed by atoms with Gasteiger partial charge in [0.05, 0.1) is 0 Å². The first-order valence-electron chi connectivity index (χ1n) is 6.69. The van der Waals surface area contributed by atoms with E-state index in [1.165, 1.54) is 30.4 Å². The predicted molar refractivity (Wildman–Crippen MR) is 71.2 cm³/mol. The number of benzene rings is 1. The molecule has 0 saturated carbocycles.